The molecule has 2 aromatic carbocycles. The number of aromatic hydroxyl groups is 2. The van der Waals surface area contributed by atoms with Gasteiger partial charge >= 0.3 is 6.18 Å². The van der Waals surface area contributed by atoms with Gasteiger partial charge in [-0.1, -0.05) is 26.0 Å². The first-order chi connectivity index (χ1) is 14.5. The first-order valence-corrected chi connectivity index (χ1v) is 10.1. The highest BCUT2D eigenvalue weighted by atomic mass is 19.4. The normalized spacial score (nSPS) is 21.4. The third-order valence-corrected chi connectivity index (χ3v) is 6.01. The maximum Gasteiger partial charge on any atom is 0.391 e. The van der Waals surface area contributed by atoms with Crippen molar-refractivity contribution in [3.63, 3.8) is 0 Å². The molecule has 1 aliphatic heterocycles. The molecule has 2 aromatic rings. The van der Waals surface area contributed by atoms with Crippen LogP contribution >= 0.6 is 0 Å². The van der Waals surface area contributed by atoms with E-state index in [1.54, 1.807) is 6.92 Å². The third kappa shape index (κ3) is 4.52. The summed E-state index contributed by atoms with van der Waals surface area (Å²) in [5.41, 5.74) is 0.723. The van der Waals surface area contributed by atoms with E-state index >= 15 is 0 Å². The minimum Gasteiger partial charge on any atom is -0.508 e. The van der Waals surface area contributed by atoms with Gasteiger partial charge in [-0.15, -0.1) is 0 Å². The molecule has 0 aliphatic carbocycles. The minimum absolute atomic E-state index is 0.0367. The number of carbonyl (C=O) groups is 2. The molecule has 2 N–H and O–H groups in total. The molecule has 3 rings (SSSR count). The number of rotatable bonds is 6. The van der Waals surface area contributed by atoms with Gasteiger partial charge in [-0.25, -0.2) is 0 Å². The summed E-state index contributed by atoms with van der Waals surface area (Å²) >= 11 is 0. The highest BCUT2D eigenvalue weighted by Gasteiger charge is 2.51. The smallest absolute Gasteiger partial charge is 0.391 e. The van der Waals surface area contributed by atoms with Crippen molar-refractivity contribution in [3.8, 4) is 11.5 Å². The van der Waals surface area contributed by atoms with E-state index in [-0.39, 0.29) is 30.0 Å². The monoisotopic (exact) mass is 435 g/mol. The standard InChI is InChI=1S/C23H24F3NO4/c1-3-15(23(24,25)26)12-19(14-4-8-17(28)9-5-14)20-13(2)21(30)27(22(20)31)16-6-10-18(29)11-7-16/h4-11,13,15,19-20,28-29H,3,12H2,1-2H3. The molecular weight excluding hydrogens is 411 g/mol. The molecule has 31 heavy (non-hydrogen) atoms. The molecule has 4 atom stereocenters. The molecule has 0 aromatic heterocycles. The average Bonchev–Trinajstić information content (AvgIpc) is 2.93. The molecule has 1 saturated heterocycles. The Hall–Kier alpha value is -3.03. The Morgan fingerprint density at radius 2 is 1.45 bits per heavy atom. The van der Waals surface area contributed by atoms with Crippen LogP contribution < -0.4 is 4.90 Å². The number of halogens is 3. The number of phenolic OH excluding ortho intramolecular Hbond substituents is 2. The summed E-state index contributed by atoms with van der Waals surface area (Å²) < 4.78 is 40.7. The molecule has 0 radical (unpaired) electrons. The van der Waals surface area contributed by atoms with E-state index in [2.05, 4.69) is 0 Å². The highest BCUT2D eigenvalue weighted by Crippen LogP contribution is 2.46. The van der Waals surface area contributed by atoms with E-state index in [4.69, 9.17) is 0 Å². The Balaban J connectivity index is 2.03. The van der Waals surface area contributed by atoms with Crippen molar-refractivity contribution in [2.75, 3.05) is 4.90 Å². The molecule has 4 unspecified atom stereocenters. The van der Waals surface area contributed by atoms with Gasteiger partial charge in [0.05, 0.1) is 17.5 Å². The number of hydrogen-bond donors (Lipinski definition) is 2. The molecule has 1 heterocycles. The zero-order valence-electron chi connectivity index (χ0n) is 17.1. The van der Waals surface area contributed by atoms with E-state index in [0.717, 1.165) is 4.90 Å². The maximum atomic E-state index is 13.6. The lowest BCUT2D eigenvalue weighted by atomic mass is 9.74. The van der Waals surface area contributed by atoms with Gasteiger partial charge in [0.15, 0.2) is 0 Å². The summed E-state index contributed by atoms with van der Waals surface area (Å²) in [6.07, 6.45) is -4.93. The van der Waals surface area contributed by atoms with E-state index in [1.165, 1.54) is 55.5 Å². The summed E-state index contributed by atoms with van der Waals surface area (Å²) in [5, 5.41) is 19.1. The van der Waals surface area contributed by atoms with Crippen molar-refractivity contribution in [2.45, 2.75) is 38.8 Å². The average molecular weight is 435 g/mol. The topological polar surface area (TPSA) is 77.8 Å². The van der Waals surface area contributed by atoms with Crippen LogP contribution in [0.3, 0.4) is 0 Å². The van der Waals surface area contributed by atoms with E-state index in [9.17, 15) is 33.0 Å². The number of hydrogen-bond acceptors (Lipinski definition) is 4. The lowest BCUT2D eigenvalue weighted by molar-refractivity contribution is -0.179. The maximum absolute atomic E-state index is 13.6. The summed E-state index contributed by atoms with van der Waals surface area (Å²) in [6.45, 7) is 2.99. The first kappa shape index (κ1) is 22.7. The number of amides is 2. The van der Waals surface area contributed by atoms with Crippen LogP contribution in [0.5, 0.6) is 11.5 Å². The largest absolute Gasteiger partial charge is 0.508 e. The van der Waals surface area contributed by atoms with Crippen LogP contribution in [0.1, 0.15) is 38.2 Å². The number of benzene rings is 2. The van der Waals surface area contributed by atoms with Crippen LogP contribution in [-0.2, 0) is 9.59 Å². The van der Waals surface area contributed by atoms with E-state index in [1.807, 2.05) is 0 Å². The third-order valence-electron chi connectivity index (χ3n) is 6.01. The number of imide groups is 1. The van der Waals surface area contributed by atoms with E-state index < -0.39 is 41.7 Å². The van der Waals surface area contributed by atoms with Crippen molar-refractivity contribution in [2.24, 2.45) is 17.8 Å². The zero-order chi connectivity index (χ0) is 22.9. The predicted molar refractivity (Wildman–Crippen MR) is 109 cm³/mol. The van der Waals surface area contributed by atoms with Gasteiger partial charge < -0.3 is 10.2 Å². The first-order valence-electron chi connectivity index (χ1n) is 10.1. The number of carbonyl (C=O) groups excluding carboxylic acids is 2. The molecule has 0 spiro atoms. The Labute approximate surface area is 178 Å². The van der Waals surface area contributed by atoms with E-state index in [0.29, 0.717) is 5.56 Å². The molecule has 166 valence electrons. The van der Waals surface area contributed by atoms with Gasteiger partial charge in [0.25, 0.3) is 0 Å². The summed E-state index contributed by atoms with van der Waals surface area (Å²) in [5.74, 6) is -5.45. The fourth-order valence-corrected chi connectivity index (χ4v) is 4.26. The summed E-state index contributed by atoms with van der Waals surface area (Å²) in [7, 11) is 0. The highest BCUT2D eigenvalue weighted by molar-refractivity contribution is 6.22. The molecule has 1 fully saturated rings. The second-order valence-electron chi connectivity index (χ2n) is 7.92. The fraction of sp³-hybridized carbons (Fsp3) is 0.391. The van der Waals surface area contributed by atoms with Crippen LogP contribution in [0.15, 0.2) is 48.5 Å². The summed E-state index contributed by atoms with van der Waals surface area (Å²) in [6, 6.07) is 11.2. The second kappa shape index (κ2) is 8.61. The Kier molecular flexibility index (Phi) is 6.29. The molecular formula is C23H24F3NO4. The number of alkyl halides is 3. The lowest BCUT2D eigenvalue weighted by Crippen LogP contribution is -2.33. The molecule has 5 nitrogen and oxygen atoms in total. The van der Waals surface area contributed by atoms with Crippen molar-refractivity contribution >= 4 is 17.5 Å². The number of nitrogens with zero attached hydrogens (tertiary/aromatic N) is 1. The van der Waals surface area contributed by atoms with Crippen molar-refractivity contribution in [1.82, 2.24) is 0 Å². The quantitative estimate of drug-likeness (QED) is 0.627. The number of anilines is 1. The van der Waals surface area contributed by atoms with Crippen molar-refractivity contribution in [3.05, 3.63) is 54.1 Å². The van der Waals surface area contributed by atoms with Crippen LogP contribution in [0.2, 0.25) is 0 Å². The van der Waals surface area contributed by atoms with Crippen LogP contribution in [-0.4, -0.2) is 28.2 Å². The lowest BCUT2D eigenvalue weighted by Gasteiger charge is -2.29. The van der Waals surface area contributed by atoms with Gasteiger partial charge in [-0.05, 0) is 60.7 Å². The predicted octanol–water partition coefficient (Wildman–Crippen LogP) is 4.99. The van der Waals surface area contributed by atoms with Gasteiger partial charge in [-0.3, -0.25) is 14.5 Å². The zero-order valence-corrected chi connectivity index (χ0v) is 17.1. The molecule has 0 bridgehead atoms. The molecule has 0 saturated carbocycles. The molecule has 8 heteroatoms. The number of phenols is 2. The Morgan fingerprint density at radius 1 is 0.935 bits per heavy atom. The van der Waals surface area contributed by atoms with Crippen LogP contribution in [0, 0.1) is 17.8 Å². The van der Waals surface area contributed by atoms with Crippen molar-refractivity contribution < 1.29 is 33.0 Å². The molecule has 2 amide bonds. The Bertz CT molecular complexity index is 941. The van der Waals surface area contributed by atoms with Gasteiger partial charge in [0.1, 0.15) is 11.5 Å². The molecule has 1 aliphatic rings. The van der Waals surface area contributed by atoms with Crippen molar-refractivity contribution in [1.29, 1.82) is 0 Å². The summed E-state index contributed by atoms with van der Waals surface area (Å²) in [4.78, 5) is 27.2. The van der Waals surface area contributed by atoms with Gasteiger partial charge in [0.2, 0.25) is 11.8 Å². The Morgan fingerprint density at radius 3 is 1.94 bits per heavy atom. The second-order valence-corrected chi connectivity index (χ2v) is 7.92. The van der Waals surface area contributed by atoms with Gasteiger partial charge in [0, 0.05) is 5.92 Å². The fourth-order valence-electron chi connectivity index (χ4n) is 4.26. The van der Waals surface area contributed by atoms with Crippen LogP contribution in [0.25, 0.3) is 0 Å². The SMILES string of the molecule is CCC(CC(c1ccc(O)cc1)C1C(=O)N(c2ccc(O)cc2)C(=O)C1C)C(F)(F)F. The van der Waals surface area contributed by atoms with Gasteiger partial charge in [-0.2, -0.15) is 13.2 Å². The van der Waals surface area contributed by atoms with Crippen LogP contribution in [0.4, 0.5) is 18.9 Å². The minimum atomic E-state index is -4.44.